The number of nitrogens with one attached hydrogen (secondary N) is 1. The Balaban J connectivity index is 1.44. The molecule has 1 aliphatic heterocycles. The van der Waals surface area contributed by atoms with Gasteiger partial charge in [0.25, 0.3) is 0 Å². The third-order valence-electron chi connectivity index (χ3n) is 3.86. The van der Waals surface area contributed by atoms with E-state index < -0.39 is 0 Å². The summed E-state index contributed by atoms with van der Waals surface area (Å²) < 4.78 is 5.59. The van der Waals surface area contributed by atoms with Crippen LogP contribution in [0.4, 0.5) is 0 Å². The van der Waals surface area contributed by atoms with E-state index in [0.29, 0.717) is 6.10 Å². The lowest BCUT2D eigenvalue weighted by atomic mass is 10.1. The summed E-state index contributed by atoms with van der Waals surface area (Å²) in [5.41, 5.74) is 0. The Bertz CT molecular complexity index is 231. The van der Waals surface area contributed by atoms with E-state index >= 15 is 0 Å². The highest BCUT2D eigenvalue weighted by Crippen LogP contribution is 2.44. The predicted octanol–water partition coefficient (Wildman–Crippen LogP) is 2.46. The van der Waals surface area contributed by atoms with Gasteiger partial charge in [0.1, 0.15) is 6.10 Å². The normalized spacial score (nSPS) is 30.6. The Morgan fingerprint density at radius 2 is 1.87 bits per heavy atom. The first-order chi connectivity index (χ1) is 7.43. The van der Waals surface area contributed by atoms with Gasteiger partial charge in [-0.05, 0) is 56.4 Å². The topological polar surface area (TPSA) is 21.3 Å². The van der Waals surface area contributed by atoms with Crippen molar-refractivity contribution in [3.63, 3.8) is 0 Å². The average Bonchev–Trinajstić information content (AvgIpc) is 3.14. The zero-order chi connectivity index (χ0) is 10.1. The van der Waals surface area contributed by atoms with Crippen molar-refractivity contribution in [2.45, 2.75) is 50.7 Å². The van der Waals surface area contributed by atoms with Gasteiger partial charge in [0.2, 0.25) is 0 Å². The Morgan fingerprint density at radius 3 is 2.40 bits per heavy atom. The van der Waals surface area contributed by atoms with Crippen molar-refractivity contribution in [2.24, 2.45) is 11.8 Å². The largest absolute Gasteiger partial charge is 0.497 e. The third-order valence-corrected chi connectivity index (χ3v) is 3.86. The molecule has 1 N–H and O–H groups in total. The molecule has 2 aliphatic carbocycles. The highest BCUT2D eigenvalue weighted by atomic mass is 16.5. The van der Waals surface area contributed by atoms with Crippen LogP contribution in [0.2, 0.25) is 0 Å². The van der Waals surface area contributed by atoms with E-state index in [1.165, 1.54) is 38.5 Å². The van der Waals surface area contributed by atoms with Crippen LogP contribution in [0.1, 0.15) is 38.5 Å². The Hall–Kier alpha value is -0.500. The summed E-state index contributed by atoms with van der Waals surface area (Å²) in [5, 5.41) is 3.75. The number of rotatable bonds is 5. The van der Waals surface area contributed by atoms with Crippen LogP contribution >= 0.6 is 0 Å². The molecule has 0 saturated heterocycles. The molecule has 2 saturated carbocycles. The molecule has 0 amide bonds. The molecule has 1 unspecified atom stereocenters. The van der Waals surface area contributed by atoms with E-state index in [2.05, 4.69) is 11.4 Å². The number of hydrogen-bond donors (Lipinski definition) is 1. The highest BCUT2D eigenvalue weighted by molar-refractivity contribution is 4.97. The average molecular weight is 207 g/mol. The minimum atomic E-state index is 0.426. The van der Waals surface area contributed by atoms with Gasteiger partial charge < -0.3 is 10.1 Å². The molecule has 0 aromatic heterocycles. The maximum absolute atomic E-state index is 5.59. The van der Waals surface area contributed by atoms with Gasteiger partial charge in [-0.25, -0.2) is 0 Å². The van der Waals surface area contributed by atoms with Gasteiger partial charge in [-0.3, -0.25) is 0 Å². The van der Waals surface area contributed by atoms with E-state index in [1.54, 1.807) is 0 Å². The standard InChI is InChI=1S/C13H21NO/c1-2-8-15-12(3-1)9-14-13(10-4-5-10)11-6-7-11/h2,8,10-14H,1,3-7,9H2. The summed E-state index contributed by atoms with van der Waals surface area (Å²) >= 11 is 0. The van der Waals surface area contributed by atoms with Gasteiger partial charge in [0, 0.05) is 12.6 Å². The smallest absolute Gasteiger partial charge is 0.110 e. The van der Waals surface area contributed by atoms with Crippen molar-refractivity contribution in [3.05, 3.63) is 12.3 Å². The van der Waals surface area contributed by atoms with Gasteiger partial charge in [0.15, 0.2) is 0 Å². The first-order valence-corrected chi connectivity index (χ1v) is 6.47. The second-order valence-corrected chi connectivity index (χ2v) is 5.32. The maximum atomic E-state index is 5.59. The molecule has 2 heteroatoms. The zero-order valence-corrected chi connectivity index (χ0v) is 9.32. The van der Waals surface area contributed by atoms with Crippen LogP contribution in [0, 0.1) is 11.8 Å². The monoisotopic (exact) mass is 207 g/mol. The molecule has 0 radical (unpaired) electrons. The number of ether oxygens (including phenoxy) is 1. The summed E-state index contributed by atoms with van der Waals surface area (Å²) in [6, 6.07) is 0.819. The predicted molar refractivity (Wildman–Crippen MR) is 60.5 cm³/mol. The van der Waals surface area contributed by atoms with E-state index in [4.69, 9.17) is 4.74 Å². The van der Waals surface area contributed by atoms with Gasteiger partial charge in [-0.15, -0.1) is 0 Å². The van der Waals surface area contributed by atoms with Crippen LogP contribution < -0.4 is 5.32 Å². The molecule has 0 spiro atoms. The third kappa shape index (κ3) is 2.54. The molecule has 84 valence electrons. The first-order valence-electron chi connectivity index (χ1n) is 6.47. The lowest BCUT2D eigenvalue weighted by molar-refractivity contribution is 0.117. The summed E-state index contributed by atoms with van der Waals surface area (Å²) in [6.07, 6.45) is 12.6. The fourth-order valence-electron chi connectivity index (χ4n) is 2.63. The summed E-state index contributed by atoms with van der Waals surface area (Å²) in [7, 11) is 0. The SMILES string of the molecule is C1=COC(CNC(C2CC2)C2CC2)CC1. The van der Waals surface area contributed by atoms with Crippen molar-refractivity contribution in [1.29, 1.82) is 0 Å². The van der Waals surface area contributed by atoms with Crippen LogP contribution in [-0.4, -0.2) is 18.7 Å². The molecule has 0 bridgehead atoms. The molecular formula is C13H21NO. The minimum Gasteiger partial charge on any atom is -0.497 e. The van der Waals surface area contributed by atoms with Crippen LogP contribution in [0.5, 0.6) is 0 Å². The lowest BCUT2D eigenvalue weighted by Crippen LogP contribution is -2.39. The molecule has 3 rings (SSSR count). The second kappa shape index (κ2) is 4.17. The van der Waals surface area contributed by atoms with Crippen molar-refractivity contribution in [1.82, 2.24) is 5.32 Å². The molecule has 15 heavy (non-hydrogen) atoms. The Kier molecular flexibility index (Phi) is 2.70. The highest BCUT2D eigenvalue weighted by Gasteiger charge is 2.41. The van der Waals surface area contributed by atoms with E-state index in [9.17, 15) is 0 Å². The van der Waals surface area contributed by atoms with Gasteiger partial charge in [-0.1, -0.05) is 0 Å². The fourth-order valence-corrected chi connectivity index (χ4v) is 2.63. The first kappa shape index (κ1) is 9.71. The lowest BCUT2D eigenvalue weighted by Gasteiger charge is -2.24. The van der Waals surface area contributed by atoms with Crippen molar-refractivity contribution < 1.29 is 4.74 Å². The summed E-state index contributed by atoms with van der Waals surface area (Å²) in [6.45, 7) is 1.06. The van der Waals surface area contributed by atoms with Crippen LogP contribution in [0.3, 0.4) is 0 Å². The zero-order valence-electron chi connectivity index (χ0n) is 9.32. The minimum absolute atomic E-state index is 0.426. The van der Waals surface area contributed by atoms with Crippen molar-refractivity contribution >= 4 is 0 Å². The maximum Gasteiger partial charge on any atom is 0.110 e. The fraction of sp³-hybridized carbons (Fsp3) is 0.846. The second-order valence-electron chi connectivity index (χ2n) is 5.32. The number of hydrogen-bond acceptors (Lipinski definition) is 2. The molecular weight excluding hydrogens is 186 g/mol. The molecule has 0 aromatic carbocycles. The summed E-state index contributed by atoms with van der Waals surface area (Å²) in [4.78, 5) is 0. The molecule has 1 heterocycles. The van der Waals surface area contributed by atoms with Crippen LogP contribution in [-0.2, 0) is 4.74 Å². The quantitative estimate of drug-likeness (QED) is 0.747. The summed E-state index contributed by atoms with van der Waals surface area (Å²) in [5.74, 6) is 1.99. The van der Waals surface area contributed by atoms with Gasteiger partial charge in [-0.2, -0.15) is 0 Å². The molecule has 2 fully saturated rings. The number of allylic oxidation sites excluding steroid dienone is 1. The van der Waals surface area contributed by atoms with Crippen molar-refractivity contribution in [3.8, 4) is 0 Å². The molecule has 2 nitrogen and oxygen atoms in total. The van der Waals surface area contributed by atoms with Gasteiger partial charge in [0.05, 0.1) is 6.26 Å². The Morgan fingerprint density at radius 1 is 1.13 bits per heavy atom. The molecule has 1 atom stereocenters. The van der Waals surface area contributed by atoms with E-state index in [0.717, 1.165) is 24.4 Å². The van der Waals surface area contributed by atoms with Crippen LogP contribution in [0.25, 0.3) is 0 Å². The van der Waals surface area contributed by atoms with E-state index in [1.807, 2.05) is 6.26 Å². The molecule has 0 aromatic rings. The van der Waals surface area contributed by atoms with Crippen molar-refractivity contribution in [2.75, 3.05) is 6.54 Å². The molecule has 3 aliphatic rings. The van der Waals surface area contributed by atoms with E-state index in [-0.39, 0.29) is 0 Å². The Labute approximate surface area is 92.1 Å². The van der Waals surface area contributed by atoms with Crippen LogP contribution in [0.15, 0.2) is 12.3 Å². The van der Waals surface area contributed by atoms with Gasteiger partial charge >= 0.3 is 0 Å².